The first-order valence-electron chi connectivity index (χ1n) is 15.9. The topological polar surface area (TPSA) is 3.88 Å². The third-order valence-electron chi connectivity index (χ3n) is 8.26. The molecule has 180 valence electrons. The van der Waals surface area contributed by atoms with Gasteiger partial charge in [0.2, 0.25) is 5.69 Å². The minimum Gasteiger partial charge on any atom is -0.201 e. The molecule has 1 heteroatoms. The van der Waals surface area contributed by atoms with Crippen LogP contribution in [0, 0.1) is 27.6 Å². The molecule has 0 unspecified atom stereocenters. The molecular formula is C36H32N+. The van der Waals surface area contributed by atoms with Crippen molar-refractivity contribution in [3.8, 4) is 44.6 Å². The number of rotatable bonds is 2. The second kappa shape index (κ2) is 8.02. The Kier molecular flexibility index (Phi) is 3.62. The average Bonchev–Trinajstić information content (AvgIpc) is 3.51. The monoisotopic (exact) mass is 484 g/mol. The van der Waals surface area contributed by atoms with E-state index >= 15 is 0 Å². The van der Waals surface area contributed by atoms with Crippen LogP contribution in [0.1, 0.15) is 52.7 Å². The summed E-state index contributed by atoms with van der Waals surface area (Å²) in [5, 5.41) is 0. The van der Waals surface area contributed by atoms with Gasteiger partial charge in [-0.2, -0.15) is 0 Å². The standard InChI is InChI=1S/C36H32N/c1-21-14-15-27(22(2)16-21)30-19-33(37(5)20-23(30)3)35-24(4)34-28-12-8-6-10-25(28)17-31(34)36-29-13-9-7-11-26(29)18-32(35)36/h6-16,19-20H,17-18H2,1-5H3/q+1/i2D3,3D3. The first-order valence-corrected chi connectivity index (χ1v) is 12.9. The van der Waals surface area contributed by atoms with Crippen molar-refractivity contribution >= 4 is 0 Å². The van der Waals surface area contributed by atoms with Gasteiger partial charge in [-0.25, -0.2) is 4.57 Å². The molecule has 5 aromatic rings. The fourth-order valence-corrected chi connectivity index (χ4v) is 6.63. The van der Waals surface area contributed by atoms with Crippen molar-refractivity contribution in [1.29, 1.82) is 0 Å². The van der Waals surface area contributed by atoms with Crippen LogP contribution in [0.4, 0.5) is 0 Å². The number of hydrogen-bond donors (Lipinski definition) is 0. The number of nitrogens with zero attached hydrogens (tertiary/aromatic N) is 1. The van der Waals surface area contributed by atoms with Gasteiger partial charge in [-0.05, 0) is 107 Å². The second-order valence-corrected chi connectivity index (χ2v) is 10.5. The van der Waals surface area contributed by atoms with Gasteiger partial charge in [0, 0.05) is 19.9 Å². The molecule has 1 nitrogen and oxygen atoms in total. The van der Waals surface area contributed by atoms with Crippen LogP contribution in [0.5, 0.6) is 0 Å². The highest BCUT2D eigenvalue weighted by Gasteiger charge is 2.35. The van der Waals surface area contributed by atoms with Gasteiger partial charge in [0.15, 0.2) is 6.20 Å². The van der Waals surface area contributed by atoms with Crippen molar-refractivity contribution in [2.45, 2.75) is 40.4 Å². The number of aryl methyl sites for hydroxylation is 4. The highest BCUT2D eigenvalue weighted by atomic mass is 14.9. The molecule has 0 aliphatic heterocycles. The van der Waals surface area contributed by atoms with Gasteiger partial charge in [-0.1, -0.05) is 72.3 Å². The SMILES string of the molecule is [2H]C([2H])([2H])c1cc(C)ccc1-c1cc(-c2c(C)c3c(c4c2Cc2ccccc2-4)Cc2ccccc2-3)[n+](C)cc1C([2H])([2H])[2H]. The van der Waals surface area contributed by atoms with Crippen molar-refractivity contribution in [1.82, 2.24) is 0 Å². The van der Waals surface area contributed by atoms with Crippen molar-refractivity contribution in [2.24, 2.45) is 7.05 Å². The van der Waals surface area contributed by atoms with Crippen LogP contribution in [-0.4, -0.2) is 0 Å². The number of pyridine rings is 1. The van der Waals surface area contributed by atoms with Gasteiger partial charge in [0.25, 0.3) is 0 Å². The lowest BCUT2D eigenvalue weighted by Gasteiger charge is -2.19. The Morgan fingerprint density at radius 3 is 2.00 bits per heavy atom. The van der Waals surface area contributed by atoms with Crippen LogP contribution < -0.4 is 4.57 Å². The predicted octanol–water partition coefficient (Wildman–Crippen LogP) is 8.22. The molecule has 7 rings (SSSR count). The lowest BCUT2D eigenvalue weighted by Crippen LogP contribution is -2.32. The Bertz CT molecular complexity index is 1980. The normalized spacial score (nSPS) is 15.9. The van der Waals surface area contributed by atoms with Gasteiger partial charge in [0.05, 0.1) is 5.56 Å². The van der Waals surface area contributed by atoms with E-state index in [1.165, 1.54) is 44.5 Å². The molecule has 37 heavy (non-hydrogen) atoms. The van der Waals surface area contributed by atoms with Crippen molar-refractivity contribution < 1.29 is 12.8 Å². The summed E-state index contributed by atoms with van der Waals surface area (Å²) >= 11 is 0. The van der Waals surface area contributed by atoms with Crippen LogP contribution in [0.15, 0.2) is 79.0 Å². The Morgan fingerprint density at radius 2 is 1.30 bits per heavy atom. The number of fused-ring (bicyclic) bond motifs is 7. The summed E-state index contributed by atoms with van der Waals surface area (Å²) in [7, 11) is 1.89. The van der Waals surface area contributed by atoms with E-state index in [0.29, 0.717) is 11.1 Å². The predicted molar refractivity (Wildman–Crippen MR) is 154 cm³/mol. The summed E-state index contributed by atoms with van der Waals surface area (Å²) in [6.45, 7) is -0.808. The van der Waals surface area contributed by atoms with Crippen molar-refractivity contribution in [2.75, 3.05) is 0 Å². The molecule has 0 spiro atoms. The highest BCUT2D eigenvalue weighted by molar-refractivity contribution is 5.97. The maximum atomic E-state index is 8.42. The molecule has 0 atom stereocenters. The fourth-order valence-electron chi connectivity index (χ4n) is 6.63. The average molecular weight is 485 g/mol. The molecule has 0 fully saturated rings. The minimum atomic E-state index is -2.44. The summed E-state index contributed by atoms with van der Waals surface area (Å²) in [5.41, 5.74) is 15.3. The van der Waals surface area contributed by atoms with Crippen LogP contribution in [0.25, 0.3) is 44.6 Å². The first-order chi connectivity index (χ1) is 20.3. The molecule has 0 bridgehead atoms. The van der Waals surface area contributed by atoms with Crippen LogP contribution in [0.2, 0.25) is 0 Å². The molecule has 0 amide bonds. The maximum Gasteiger partial charge on any atom is 0.213 e. The zero-order chi connectivity index (χ0) is 30.4. The number of benzene rings is 4. The molecule has 4 aromatic carbocycles. The highest BCUT2D eigenvalue weighted by Crippen LogP contribution is 2.53. The molecule has 0 radical (unpaired) electrons. The third-order valence-corrected chi connectivity index (χ3v) is 8.26. The molecule has 1 heterocycles. The van der Waals surface area contributed by atoms with E-state index < -0.39 is 13.7 Å². The van der Waals surface area contributed by atoms with E-state index in [1.54, 1.807) is 18.3 Å². The minimum absolute atomic E-state index is 0.136. The molecule has 2 aliphatic rings. The fraction of sp³-hybridized carbons (Fsp3) is 0.194. The third kappa shape index (κ3) is 3.20. The largest absolute Gasteiger partial charge is 0.213 e. The van der Waals surface area contributed by atoms with E-state index in [-0.39, 0.29) is 11.1 Å². The van der Waals surface area contributed by atoms with Crippen molar-refractivity contribution in [3.05, 3.63) is 124 Å². The Morgan fingerprint density at radius 1 is 0.649 bits per heavy atom. The smallest absolute Gasteiger partial charge is 0.201 e. The molecule has 0 saturated carbocycles. The quantitative estimate of drug-likeness (QED) is 0.218. The van der Waals surface area contributed by atoms with Crippen LogP contribution >= 0.6 is 0 Å². The lowest BCUT2D eigenvalue weighted by molar-refractivity contribution is -0.660. The molecular weight excluding hydrogens is 446 g/mol. The van der Waals surface area contributed by atoms with Crippen LogP contribution in [-0.2, 0) is 19.9 Å². The lowest BCUT2D eigenvalue weighted by atomic mass is 9.84. The van der Waals surface area contributed by atoms with E-state index in [9.17, 15) is 0 Å². The first kappa shape index (κ1) is 16.7. The van der Waals surface area contributed by atoms with Crippen molar-refractivity contribution in [3.63, 3.8) is 0 Å². The van der Waals surface area contributed by atoms with Gasteiger partial charge in [-0.3, -0.25) is 0 Å². The zero-order valence-electron chi connectivity index (χ0n) is 27.4. The molecule has 2 aliphatic carbocycles. The van der Waals surface area contributed by atoms with Crippen LogP contribution in [0.3, 0.4) is 0 Å². The summed E-state index contributed by atoms with van der Waals surface area (Å²) < 4.78 is 52.0. The zero-order valence-corrected chi connectivity index (χ0v) is 21.4. The number of hydrogen-bond acceptors (Lipinski definition) is 0. The van der Waals surface area contributed by atoms with Gasteiger partial charge in [-0.15, -0.1) is 0 Å². The molecule has 0 saturated heterocycles. The molecule has 0 N–H and O–H groups in total. The van der Waals surface area contributed by atoms with E-state index in [4.69, 9.17) is 8.22 Å². The Labute approximate surface area is 228 Å². The van der Waals surface area contributed by atoms with E-state index in [0.717, 1.165) is 35.2 Å². The van der Waals surface area contributed by atoms with Gasteiger partial charge in [0.1, 0.15) is 7.05 Å². The summed E-state index contributed by atoms with van der Waals surface area (Å²) in [4.78, 5) is 0. The van der Waals surface area contributed by atoms with Gasteiger partial charge >= 0.3 is 0 Å². The Balaban J connectivity index is 1.58. The maximum absolute atomic E-state index is 8.42. The van der Waals surface area contributed by atoms with E-state index in [2.05, 4.69) is 55.5 Å². The Hall–Kier alpha value is -3.97. The van der Waals surface area contributed by atoms with Gasteiger partial charge < -0.3 is 0 Å². The summed E-state index contributed by atoms with van der Waals surface area (Å²) in [6, 6.07) is 24.4. The van der Waals surface area contributed by atoms with E-state index in [1.807, 2.05) is 30.7 Å². The number of aromatic nitrogens is 1. The summed E-state index contributed by atoms with van der Waals surface area (Å²) in [6.07, 6.45) is 3.34. The summed E-state index contributed by atoms with van der Waals surface area (Å²) in [5.74, 6) is 0. The second-order valence-electron chi connectivity index (χ2n) is 10.5. The molecule has 1 aromatic heterocycles.